The summed E-state index contributed by atoms with van der Waals surface area (Å²) < 4.78 is 0. The average Bonchev–Trinajstić information content (AvgIpc) is 3.60. The number of carbonyl (C=O) groups excluding carboxylic acids is 2. The van der Waals surface area contributed by atoms with E-state index < -0.39 is 0 Å². The van der Waals surface area contributed by atoms with Crippen LogP contribution >= 0.6 is 0 Å². The van der Waals surface area contributed by atoms with Gasteiger partial charge in [0.25, 0.3) is 11.8 Å². The molecule has 2 aliphatic rings. The molecule has 4 N–H and O–H groups in total. The lowest BCUT2D eigenvalue weighted by molar-refractivity contribution is -0.110. The second-order valence-electron chi connectivity index (χ2n) is 10.8. The Labute approximate surface area is 240 Å². The molecule has 2 aliphatic heterocycles. The molecular weight excluding hydrogens is 512 g/mol. The molecule has 41 heavy (non-hydrogen) atoms. The molecule has 2 amide bonds. The number of aryl methyl sites for hydroxylation is 1. The van der Waals surface area contributed by atoms with Crippen molar-refractivity contribution in [2.24, 2.45) is 0 Å². The van der Waals surface area contributed by atoms with Gasteiger partial charge in [-0.25, -0.2) is 0 Å². The van der Waals surface area contributed by atoms with E-state index in [1.807, 2.05) is 92.0 Å². The van der Waals surface area contributed by atoms with E-state index in [0.717, 1.165) is 66.6 Å². The van der Waals surface area contributed by atoms with Crippen LogP contribution in [0.5, 0.6) is 0 Å². The maximum Gasteiger partial charge on any atom is 0.256 e. The van der Waals surface area contributed by atoms with Crippen LogP contribution in [-0.2, 0) is 11.3 Å². The molecule has 0 radical (unpaired) electrons. The molecule has 4 aromatic rings. The molecule has 0 bridgehead atoms. The average molecular weight is 547 g/mol. The number of likely N-dealkylation sites (N-methyl/N-ethyl adjacent to an activating group) is 1. The molecular formula is C33H34N6O2. The van der Waals surface area contributed by atoms with E-state index in [9.17, 15) is 9.59 Å². The lowest BCUT2D eigenvalue weighted by atomic mass is 10.0. The van der Waals surface area contributed by atoms with Crippen molar-refractivity contribution in [3.05, 3.63) is 107 Å². The Hall–Kier alpha value is -4.66. The zero-order valence-corrected chi connectivity index (χ0v) is 23.3. The number of rotatable bonds is 7. The highest BCUT2D eigenvalue weighted by Gasteiger charge is 2.26. The quantitative estimate of drug-likeness (QED) is 0.228. The SMILES string of the molecule is Cc1ccc(NC(=O)c2ccc(CN3CCN(C)CC3)cc2)cc1Nc1cccc2c1NC(=O)/C2=C\c1ccc[nH]1. The van der Waals surface area contributed by atoms with Gasteiger partial charge in [-0.15, -0.1) is 0 Å². The van der Waals surface area contributed by atoms with Crippen molar-refractivity contribution in [3.63, 3.8) is 0 Å². The van der Waals surface area contributed by atoms with Gasteiger partial charge in [-0.3, -0.25) is 14.5 Å². The Morgan fingerprint density at radius 3 is 2.51 bits per heavy atom. The molecule has 1 fully saturated rings. The minimum Gasteiger partial charge on any atom is -0.362 e. The fourth-order valence-corrected chi connectivity index (χ4v) is 5.26. The molecule has 1 saturated heterocycles. The van der Waals surface area contributed by atoms with Crippen molar-refractivity contribution >= 4 is 46.2 Å². The molecule has 6 rings (SSSR count). The van der Waals surface area contributed by atoms with Crippen LogP contribution in [0.1, 0.15) is 32.7 Å². The summed E-state index contributed by atoms with van der Waals surface area (Å²) in [6, 6.07) is 23.3. The first-order chi connectivity index (χ1) is 19.9. The van der Waals surface area contributed by atoms with Crippen molar-refractivity contribution in [2.75, 3.05) is 49.2 Å². The maximum atomic E-state index is 13.1. The molecule has 0 atom stereocenters. The zero-order valence-electron chi connectivity index (χ0n) is 23.3. The predicted molar refractivity (Wildman–Crippen MR) is 165 cm³/mol. The number of benzene rings is 3. The molecule has 0 spiro atoms. The summed E-state index contributed by atoms with van der Waals surface area (Å²) in [6.07, 6.45) is 3.68. The van der Waals surface area contributed by atoms with Crippen LogP contribution < -0.4 is 16.0 Å². The van der Waals surface area contributed by atoms with Crippen LogP contribution in [0.3, 0.4) is 0 Å². The molecule has 0 saturated carbocycles. The van der Waals surface area contributed by atoms with Gasteiger partial charge in [0.15, 0.2) is 0 Å². The molecule has 3 aromatic carbocycles. The van der Waals surface area contributed by atoms with Crippen LogP contribution in [0, 0.1) is 6.92 Å². The smallest absolute Gasteiger partial charge is 0.256 e. The Kier molecular flexibility index (Phi) is 7.41. The molecule has 3 heterocycles. The summed E-state index contributed by atoms with van der Waals surface area (Å²) in [5.74, 6) is -0.297. The van der Waals surface area contributed by atoms with Gasteiger partial charge < -0.3 is 25.8 Å². The molecule has 8 heteroatoms. The predicted octanol–water partition coefficient (Wildman–Crippen LogP) is 5.56. The summed E-state index contributed by atoms with van der Waals surface area (Å²) in [6.45, 7) is 7.20. The number of aromatic nitrogens is 1. The highest BCUT2D eigenvalue weighted by atomic mass is 16.2. The van der Waals surface area contributed by atoms with E-state index in [4.69, 9.17) is 0 Å². The number of amides is 2. The number of nitrogens with zero attached hydrogens (tertiary/aromatic N) is 2. The third-order valence-electron chi connectivity index (χ3n) is 7.74. The number of carbonyl (C=O) groups is 2. The highest BCUT2D eigenvalue weighted by Crippen LogP contribution is 2.40. The van der Waals surface area contributed by atoms with Crippen LogP contribution in [0.2, 0.25) is 0 Å². The van der Waals surface area contributed by atoms with E-state index >= 15 is 0 Å². The third kappa shape index (κ3) is 5.94. The number of hydrogen-bond donors (Lipinski definition) is 4. The van der Waals surface area contributed by atoms with E-state index in [1.165, 1.54) is 5.56 Å². The Bertz CT molecular complexity index is 1600. The summed E-state index contributed by atoms with van der Waals surface area (Å²) in [7, 11) is 2.16. The molecule has 8 nitrogen and oxygen atoms in total. The first-order valence-electron chi connectivity index (χ1n) is 13.9. The Balaban J connectivity index is 1.15. The molecule has 208 valence electrons. The van der Waals surface area contributed by atoms with E-state index in [0.29, 0.717) is 16.8 Å². The number of anilines is 4. The van der Waals surface area contributed by atoms with Crippen molar-refractivity contribution in [2.45, 2.75) is 13.5 Å². The van der Waals surface area contributed by atoms with Gasteiger partial charge in [0, 0.05) is 67.1 Å². The number of H-pyrrole nitrogens is 1. The number of fused-ring (bicyclic) bond motifs is 1. The van der Waals surface area contributed by atoms with Crippen molar-refractivity contribution in [1.29, 1.82) is 0 Å². The molecule has 1 aromatic heterocycles. The van der Waals surface area contributed by atoms with Crippen molar-refractivity contribution < 1.29 is 9.59 Å². The Morgan fingerprint density at radius 1 is 0.951 bits per heavy atom. The summed E-state index contributed by atoms with van der Waals surface area (Å²) >= 11 is 0. The summed E-state index contributed by atoms with van der Waals surface area (Å²) in [4.78, 5) is 33.8. The van der Waals surface area contributed by atoms with Crippen molar-refractivity contribution in [1.82, 2.24) is 14.8 Å². The largest absolute Gasteiger partial charge is 0.362 e. The van der Waals surface area contributed by atoms with Crippen LogP contribution in [0.4, 0.5) is 22.7 Å². The normalized spacial score (nSPS) is 16.4. The number of hydrogen-bond acceptors (Lipinski definition) is 5. The van der Waals surface area contributed by atoms with Gasteiger partial charge in [-0.05, 0) is 73.6 Å². The van der Waals surface area contributed by atoms with Gasteiger partial charge in [0.2, 0.25) is 0 Å². The minimum atomic E-state index is -0.155. The number of piperazine rings is 1. The fourth-order valence-electron chi connectivity index (χ4n) is 5.26. The number of aromatic amines is 1. The first kappa shape index (κ1) is 26.6. The van der Waals surface area contributed by atoms with Crippen LogP contribution in [0.25, 0.3) is 11.6 Å². The minimum absolute atomic E-state index is 0.142. The lowest BCUT2D eigenvalue weighted by Crippen LogP contribution is -2.43. The number of para-hydroxylation sites is 1. The van der Waals surface area contributed by atoms with E-state index in [1.54, 1.807) is 0 Å². The van der Waals surface area contributed by atoms with Gasteiger partial charge in [-0.1, -0.05) is 30.3 Å². The van der Waals surface area contributed by atoms with E-state index in [2.05, 4.69) is 37.8 Å². The second-order valence-corrected chi connectivity index (χ2v) is 10.8. The topological polar surface area (TPSA) is 92.5 Å². The van der Waals surface area contributed by atoms with Gasteiger partial charge in [-0.2, -0.15) is 0 Å². The molecule has 0 aliphatic carbocycles. The highest BCUT2D eigenvalue weighted by molar-refractivity contribution is 6.36. The van der Waals surface area contributed by atoms with E-state index in [-0.39, 0.29) is 11.8 Å². The number of nitrogens with one attached hydrogen (secondary N) is 4. The van der Waals surface area contributed by atoms with Crippen molar-refractivity contribution in [3.8, 4) is 0 Å². The zero-order chi connectivity index (χ0) is 28.3. The van der Waals surface area contributed by atoms with Gasteiger partial charge >= 0.3 is 0 Å². The monoisotopic (exact) mass is 546 g/mol. The van der Waals surface area contributed by atoms with Gasteiger partial charge in [0.1, 0.15) is 0 Å². The standard InChI is InChI=1S/C33H34N6O2/c1-22-8-13-26(35-32(40)24-11-9-23(10-12-24)21-39-17-15-38(2)16-18-39)20-30(22)36-29-7-3-6-27-28(33(41)37-31(27)29)19-25-5-4-14-34-25/h3-14,19-20,34,36H,15-18,21H2,1-2H3,(H,35,40)(H,37,41)/b28-19-. The second kappa shape index (κ2) is 11.4. The third-order valence-corrected chi connectivity index (χ3v) is 7.74. The lowest BCUT2D eigenvalue weighted by Gasteiger charge is -2.32. The maximum absolute atomic E-state index is 13.1. The van der Waals surface area contributed by atoms with Crippen LogP contribution in [0.15, 0.2) is 79.0 Å². The van der Waals surface area contributed by atoms with Crippen LogP contribution in [-0.4, -0.2) is 59.8 Å². The van der Waals surface area contributed by atoms with Gasteiger partial charge in [0.05, 0.1) is 16.9 Å². The summed E-state index contributed by atoms with van der Waals surface area (Å²) in [5.41, 5.74) is 8.21. The Morgan fingerprint density at radius 2 is 1.76 bits per heavy atom. The first-order valence-corrected chi connectivity index (χ1v) is 13.9. The fraction of sp³-hybridized carbons (Fsp3) is 0.212. The molecule has 0 unspecified atom stereocenters. The summed E-state index contributed by atoms with van der Waals surface area (Å²) in [5, 5.41) is 9.51.